The van der Waals surface area contributed by atoms with Crippen LogP contribution in [0.2, 0.25) is 0 Å². The van der Waals surface area contributed by atoms with Crippen LogP contribution in [0.4, 0.5) is 0 Å². The highest BCUT2D eigenvalue weighted by molar-refractivity contribution is 6.18. The van der Waals surface area contributed by atoms with Crippen LogP contribution in [0.5, 0.6) is 11.5 Å². The lowest BCUT2D eigenvalue weighted by Gasteiger charge is -2.18. The van der Waals surface area contributed by atoms with E-state index in [1.54, 1.807) is 0 Å². The Labute approximate surface area is 215 Å². The molecule has 0 unspecified atom stereocenters. The smallest absolute Gasteiger partial charge is 0.143 e. The maximum atomic E-state index is 6.58. The summed E-state index contributed by atoms with van der Waals surface area (Å²) in [5, 5.41) is 6.78. The van der Waals surface area contributed by atoms with Gasteiger partial charge in [0.15, 0.2) is 0 Å². The largest absolute Gasteiger partial charge is 0.456 e. The minimum Gasteiger partial charge on any atom is -0.456 e. The van der Waals surface area contributed by atoms with Gasteiger partial charge in [-0.2, -0.15) is 0 Å². The van der Waals surface area contributed by atoms with E-state index in [-0.39, 0.29) is 0 Å². The van der Waals surface area contributed by atoms with Gasteiger partial charge in [-0.1, -0.05) is 91.0 Å². The predicted molar refractivity (Wildman–Crippen MR) is 154 cm³/mol. The summed E-state index contributed by atoms with van der Waals surface area (Å²) >= 11 is 0. The molecule has 0 aliphatic heterocycles. The van der Waals surface area contributed by atoms with Gasteiger partial charge < -0.3 is 4.74 Å². The normalized spacial score (nSPS) is 11.2. The maximum Gasteiger partial charge on any atom is 0.143 e. The first kappa shape index (κ1) is 21.3. The molecule has 0 aliphatic carbocycles. The third-order valence-corrected chi connectivity index (χ3v) is 6.98. The number of nitrogens with zero attached hydrogens (tertiary/aromatic N) is 1. The first-order valence-corrected chi connectivity index (χ1v) is 12.5. The molecule has 0 bridgehead atoms. The molecule has 0 fully saturated rings. The fraction of sp³-hybridized carbons (Fsp3) is 0. The predicted octanol–water partition coefficient (Wildman–Crippen LogP) is 9.67. The zero-order chi connectivity index (χ0) is 24.6. The molecule has 2 heteroatoms. The molecule has 6 aromatic carbocycles. The minimum atomic E-state index is 0.813. The molecule has 0 radical (unpaired) electrons. The van der Waals surface area contributed by atoms with Gasteiger partial charge in [0, 0.05) is 28.6 Å². The van der Waals surface area contributed by atoms with Gasteiger partial charge in [0.1, 0.15) is 11.5 Å². The molecule has 0 spiro atoms. The van der Waals surface area contributed by atoms with E-state index in [2.05, 4.69) is 102 Å². The second kappa shape index (κ2) is 8.92. The second-order valence-electron chi connectivity index (χ2n) is 9.23. The van der Waals surface area contributed by atoms with Gasteiger partial charge in [-0.25, -0.2) is 0 Å². The van der Waals surface area contributed by atoms with E-state index < -0.39 is 0 Å². The Bertz CT molecular complexity index is 1890. The topological polar surface area (TPSA) is 22.1 Å². The second-order valence-corrected chi connectivity index (χ2v) is 9.23. The Balaban J connectivity index is 1.58. The molecule has 0 atom stereocenters. The lowest BCUT2D eigenvalue weighted by Crippen LogP contribution is -1.93. The van der Waals surface area contributed by atoms with Crippen molar-refractivity contribution in [3.63, 3.8) is 0 Å². The average molecular weight is 474 g/mol. The zero-order valence-corrected chi connectivity index (χ0v) is 20.1. The van der Waals surface area contributed by atoms with E-state index in [1.807, 2.05) is 42.7 Å². The van der Waals surface area contributed by atoms with Crippen LogP contribution in [0.3, 0.4) is 0 Å². The summed E-state index contributed by atoms with van der Waals surface area (Å²) in [6, 6.07) is 44.4. The van der Waals surface area contributed by atoms with Crippen molar-refractivity contribution >= 4 is 32.3 Å². The molecule has 37 heavy (non-hydrogen) atoms. The monoisotopic (exact) mass is 473 g/mol. The molecule has 7 rings (SSSR count). The summed E-state index contributed by atoms with van der Waals surface area (Å²) < 4.78 is 6.58. The lowest BCUT2D eigenvalue weighted by molar-refractivity contribution is 0.494. The number of benzene rings is 6. The van der Waals surface area contributed by atoms with Crippen LogP contribution in [0.15, 0.2) is 140 Å². The van der Waals surface area contributed by atoms with Crippen molar-refractivity contribution in [2.24, 2.45) is 0 Å². The molecular weight excluding hydrogens is 450 g/mol. The molecule has 0 amide bonds. The van der Waals surface area contributed by atoms with Crippen LogP contribution in [-0.2, 0) is 0 Å². The number of hydrogen-bond donors (Lipinski definition) is 0. The van der Waals surface area contributed by atoms with Crippen LogP contribution in [0.25, 0.3) is 54.6 Å². The summed E-state index contributed by atoms with van der Waals surface area (Å²) in [6.45, 7) is 0. The molecule has 0 N–H and O–H groups in total. The number of pyridine rings is 1. The van der Waals surface area contributed by atoms with Crippen molar-refractivity contribution in [1.29, 1.82) is 0 Å². The third-order valence-electron chi connectivity index (χ3n) is 6.98. The summed E-state index contributed by atoms with van der Waals surface area (Å²) in [4.78, 5) is 4.54. The minimum absolute atomic E-state index is 0.813. The number of hydrogen-bond acceptors (Lipinski definition) is 2. The van der Waals surface area contributed by atoms with Gasteiger partial charge in [0.05, 0.1) is 0 Å². The van der Waals surface area contributed by atoms with Gasteiger partial charge in [0.25, 0.3) is 0 Å². The zero-order valence-electron chi connectivity index (χ0n) is 20.1. The molecule has 7 aromatic rings. The van der Waals surface area contributed by atoms with Crippen molar-refractivity contribution in [1.82, 2.24) is 4.98 Å². The summed E-state index contributed by atoms with van der Waals surface area (Å²) in [6.07, 6.45) is 3.81. The molecule has 0 saturated heterocycles. The van der Waals surface area contributed by atoms with Crippen molar-refractivity contribution < 1.29 is 4.74 Å². The Kier molecular flexibility index (Phi) is 5.15. The first-order valence-electron chi connectivity index (χ1n) is 12.5. The van der Waals surface area contributed by atoms with E-state index in [0.717, 1.165) is 38.6 Å². The highest BCUT2D eigenvalue weighted by Crippen LogP contribution is 2.45. The van der Waals surface area contributed by atoms with Gasteiger partial charge >= 0.3 is 0 Å². The number of ether oxygens (including phenoxy) is 1. The maximum absolute atomic E-state index is 6.58. The molecule has 1 aromatic heterocycles. The van der Waals surface area contributed by atoms with Crippen LogP contribution < -0.4 is 4.74 Å². The number of para-hydroxylation sites is 1. The highest BCUT2D eigenvalue weighted by atomic mass is 16.5. The van der Waals surface area contributed by atoms with Crippen LogP contribution in [0, 0.1) is 0 Å². The number of rotatable bonds is 4. The van der Waals surface area contributed by atoms with Crippen molar-refractivity contribution in [3.8, 4) is 33.8 Å². The fourth-order valence-corrected chi connectivity index (χ4v) is 5.21. The van der Waals surface area contributed by atoms with E-state index in [1.165, 1.54) is 27.5 Å². The Morgan fingerprint density at radius 1 is 0.459 bits per heavy atom. The molecular formula is C35H23NO. The van der Waals surface area contributed by atoms with Gasteiger partial charge in [-0.05, 0) is 74.8 Å². The average Bonchev–Trinajstić information content (AvgIpc) is 2.97. The van der Waals surface area contributed by atoms with Gasteiger partial charge in [-0.3, -0.25) is 4.98 Å². The summed E-state index contributed by atoms with van der Waals surface area (Å²) in [5.41, 5.74) is 4.69. The molecule has 0 aliphatic rings. The molecule has 1 heterocycles. The number of aromatic nitrogens is 1. The quantitative estimate of drug-likeness (QED) is 0.237. The first-order chi connectivity index (χ1) is 18.3. The Morgan fingerprint density at radius 2 is 1.16 bits per heavy atom. The molecule has 174 valence electrons. The van der Waals surface area contributed by atoms with E-state index >= 15 is 0 Å². The number of fused-ring (bicyclic) bond motifs is 3. The fourth-order valence-electron chi connectivity index (χ4n) is 5.21. The van der Waals surface area contributed by atoms with Crippen molar-refractivity contribution in [3.05, 3.63) is 140 Å². The summed E-state index contributed by atoms with van der Waals surface area (Å²) in [5.74, 6) is 1.66. The van der Waals surface area contributed by atoms with Crippen LogP contribution in [-0.4, -0.2) is 4.98 Å². The lowest BCUT2D eigenvalue weighted by atomic mass is 9.89. The van der Waals surface area contributed by atoms with E-state index in [4.69, 9.17) is 4.74 Å². The van der Waals surface area contributed by atoms with Crippen LogP contribution in [0.1, 0.15) is 0 Å². The Morgan fingerprint density at radius 3 is 2.00 bits per heavy atom. The van der Waals surface area contributed by atoms with Crippen molar-refractivity contribution in [2.75, 3.05) is 0 Å². The van der Waals surface area contributed by atoms with E-state index in [0.29, 0.717) is 0 Å². The molecule has 0 saturated carbocycles. The SMILES string of the molecule is c1ccc(Oc2c3ccncc3c(-c3ccc4ccccc4c3)c3cc(-c4ccccc4)ccc23)cc1. The van der Waals surface area contributed by atoms with Gasteiger partial charge in [-0.15, -0.1) is 0 Å². The Hall–Kier alpha value is -4.95. The standard InChI is InChI=1S/C35H23NO/c1-3-9-24(10-4-1)27-17-18-30-32(22-27)34(28-16-15-25-11-7-8-12-26(25)21-28)33-23-36-20-19-31(33)35(30)37-29-13-5-2-6-14-29/h1-23H. The third kappa shape index (κ3) is 3.80. The van der Waals surface area contributed by atoms with Gasteiger partial charge in [0.2, 0.25) is 0 Å². The van der Waals surface area contributed by atoms with E-state index in [9.17, 15) is 0 Å². The van der Waals surface area contributed by atoms with Crippen molar-refractivity contribution in [2.45, 2.75) is 0 Å². The summed E-state index contributed by atoms with van der Waals surface area (Å²) in [7, 11) is 0. The molecule has 2 nitrogen and oxygen atoms in total. The highest BCUT2D eigenvalue weighted by Gasteiger charge is 2.18. The van der Waals surface area contributed by atoms with Crippen LogP contribution >= 0.6 is 0 Å².